The quantitative estimate of drug-likeness (QED) is 0.166. The third-order valence-corrected chi connectivity index (χ3v) is 6.02. The minimum Gasteiger partial charge on any atom is -0.464 e. The van der Waals surface area contributed by atoms with Crippen molar-refractivity contribution in [1.82, 2.24) is 20.1 Å². The Hall–Kier alpha value is -4.94. The molecule has 0 saturated carbocycles. The van der Waals surface area contributed by atoms with Gasteiger partial charge in [0.2, 0.25) is 0 Å². The van der Waals surface area contributed by atoms with E-state index < -0.39 is 35.7 Å². The first-order valence-corrected chi connectivity index (χ1v) is 12.9. The molecule has 10 nitrogen and oxygen atoms in total. The molecule has 0 aliphatic carbocycles. The number of hydrogen-bond acceptors (Lipinski definition) is 6. The molecular formula is C29H31F3N6O4. The monoisotopic (exact) mass is 584 g/mol. The van der Waals surface area contributed by atoms with Crippen molar-refractivity contribution in [2.45, 2.75) is 33.0 Å². The molecule has 3 amide bonds. The van der Waals surface area contributed by atoms with Gasteiger partial charge in [0.25, 0.3) is 5.91 Å². The zero-order valence-electron chi connectivity index (χ0n) is 23.5. The SMILES string of the molecule is C=C/C=C(/C(=O)NC(C(=O)OCC)C(C)C)c1nnc(-c2ccc(NC(=O)Nc3ccccc3C(F)(F)F)cc2)n1C. The summed E-state index contributed by atoms with van der Waals surface area (Å²) in [6.45, 7) is 9.07. The van der Waals surface area contributed by atoms with Crippen molar-refractivity contribution in [3.63, 3.8) is 0 Å². The van der Waals surface area contributed by atoms with Gasteiger partial charge in [-0.3, -0.25) is 4.79 Å². The molecule has 3 rings (SSSR count). The number of esters is 1. The predicted octanol–water partition coefficient (Wildman–Crippen LogP) is 5.42. The Morgan fingerprint density at radius 3 is 2.31 bits per heavy atom. The van der Waals surface area contributed by atoms with E-state index in [1.807, 2.05) is 0 Å². The van der Waals surface area contributed by atoms with Gasteiger partial charge in [-0.05, 0) is 55.3 Å². The Bertz CT molecular complexity index is 1480. The smallest absolute Gasteiger partial charge is 0.418 e. The van der Waals surface area contributed by atoms with Gasteiger partial charge in [-0.1, -0.05) is 38.6 Å². The van der Waals surface area contributed by atoms with Gasteiger partial charge in [-0.2, -0.15) is 13.2 Å². The largest absolute Gasteiger partial charge is 0.464 e. The molecule has 42 heavy (non-hydrogen) atoms. The topological polar surface area (TPSA) is 127 Å². The average Bonchev–Trinajstić information content (AvgIpc) is 3.30. The van der Waals surface area contributed by atoms with Crippen LogP contribution in [0.25, 0.3) is 17.0 Å². The Labute approximate surface area is 240 Å². The fraction of sp³-hybridized carbons (Fsp3) is 0.276. The van der Waals surface area contributed by atoms with Crippen LogP contribution in [0.4, 0.5) is 29.3 Å². The summed E-state index contributed by atoms with van der Waals surface area (Å²) in [5, 5.41) is 15.8. The number of para-hydroxylation sites is 1. The van der Waals surface area contributed by atoms with E-state index in [1.165, 1.54) is 24.3 Å². The molecule has 0 spiro atoms. The van der Waals surface area contributed by atoms with Crippen LogP contribution in [-0.2, 0) is 27.5 Å². The summed E-state index contributed by atoms with van der Waals surface area (Å²) >= 11 is 0. The lowest BCUT2D eigenvalue weighted by molar-refractivity contribution is -0.148. The van der Waals surface area contributed by atoms with Crippen LogP contribution in [0, 0.1) is 5.92 Å². The van der Waals surface area contributed by atoms with Crippen LogP contribution in [0.1, 0.15) is 32.2 Å². The Morgan fingerprint density at radius 1 is 1.05 bits per heavy atom. The summed E-state index contributed by atoms with van der Waals surface area (Å²) in [6.07, 6.45) is -1.76. The molecule has 3 N–H and O–H groups in total. The maximum absolute atomic E-state index is 13.2. The number of ether oxygens (including phenoxy) is 1. The Kier molecular flexibility index (Phi) is 10.2. The number of urea groups is 1. The van der Waals surface area contributed by atoms with Gasteiger partial charge in [0.05, 0.1) is 23.4 Å². The summed E-state index contributed by atoms with van der Waals surface area (Å²) in [6, 6.07) is 9.25. The van der Waals surface area contributed by atoms with E-state index >= 15 is 0 Å². The second kappa shape index (κ2) is 13.6. The van der Waals surface area contributed by atoms with E-state index in [2.05, 4.69) is 32.7 Å². The molecule has 1 unspecified atom stereocenters. The fourth-order valence-corrected chi connectivity index (χ4v) is 3.96. The number of nitrogens with one attached hydrogen (secondary N) is 3. The van der Waals surface area contributed by atoms with Gasteiger partial charge in [0.1, 0.15) is 6.04 Å². The van der Waals surface area contributed by atoms with E-state index in [0.717, 1.165) is 12.1 Å². The van der Waals surface area contributed by atoms with Crippen molar-refractivity contribution in [3.05, 3.63) is 78.6 Å². The summed E-state index contributed by atoms with van der Waals surface area (Å²) in [4.78, 5) is 37.9. The Balaban J connectivity index is 1.77. The molecule has 0 saturated heterocycles. The molecule has 0 aliphatic heterocycles. The average molecular weight is 585 g/mol. The molecule has 0 bridgehead atoms. The third-order valence-electron chi connectivity index (χ3n) is 6.02. The van der Waals surface area contributed by atoms with Crippen LogP contribution in [0.3, 0.4) is 0 Å². The highest BCUT2D eigenvalue weighted by Gasteiger charge is 2.33. The molecule has 1 aromatic heterocycles. The second-order valence-electron chi connectivity index (χ2n) is 9.37. The van der Waals surface area contributed by atoms with Crippen molar-refractivity contribution in [1.29, 1.82) is 0 Å². The molecule has 3 aromatic rings. The molecule has 222 valence electrons. The van der Waals surface area contributed by atoms with Gasteiger partial charge in [0, 0.05) is 18.3 Å². The number of hydrogen-bond donors (Lipinski definition) is 3. The van der Waals surface area contributed by atoms with E-state index in [1.54, 1.807) is 56.7 Å². The first-order valence-electron chi connectivity index (χ1n) is 12.9. The lowest BCUT2D eigenvalue weighted by atomic mass is 10.0. The summed E-state index contributed by atoms with van der Waals surface area (Å²) in [5.74, 6) is -0.764. The van der Waals surface area contributed by atoms with Gasteiger partial charge >= 0.3 is 18.2 Å². The lowest BCUT2D eigenvalue weighted by Gasteiger charge is -2.21. The molecule has 13 heteroatoms. The third kappa shape index (κ3) is 7.62. The maximum atomic E-state index is 13.2. The molecule has 1 atom stereocenters. The zero-order chi connectivity index (χ0) is 31.0. The number of halogens is 3. The highest BCUT2D eigenvalue weighted by Crippen LogP contribution is 2.34. The number of aromatic nitrogens is 3. The molecule has 0 fully saturated rings. The van der Waals surface area contributed by atoms with Gasteiger partial charge in [0.15, 0.2) is 11.6 Å². The van der Waals surface area contributed by atoms with Crippen LogP contribution in [0.5, 0.6) is 0 Å². The van der Waals surface area contributed by atoms with E-state index in [0.29, 0.717) is 17.1 Å². The second-order valence-corrected chi connectivity index (χ2v) is 9.37. The number of carbonyl (C=O) groups is 3. The number of anilines is 2. The zero-order valence-corrected chi connectivity index (χ0v) is 23.5. The van der Waals surface area contributed by atoms with Gasteiger partial charge in [-0.15, -0.1) is 10.2 Å². The van der Waals surface area contributed by atoms with E-state index in [9.17, 15) is 27.6 Å². The van der Waals surface area contributed by atoms with Crippen molar-refractivity contribution in [2.24, 2.45) is 13.0 Å². The number of nitrogens with zero attached hydrogens (tertiary/aromatic N) is 3. The maximum Gasteiger partial charge on any atom is 0.418 e. The summed E-state index contributed by atoms with van der Waals surface area (Å²) < 4.78 is 46.3. The van der Waals surface area contributed by atoms with Crippen LogP contribution < -0.4 is 16.0 Å². The fourth-order valence-electron chi connectivity index (χ4n) is 3.96. The van der Waals surface area contributed by atoms with Crippen LogP contribution >= 0.6 is 0 Å². The number of carbonyl (C=O) groups excluding carboxylic acids is 3. The minimum atomic E-state index is -4.63. The van der Waals surface area contributed by atoms with Crippen molar-refractivity contribution in [2.75, 3.05) is 17.2 Å². The summed E-state index contributed by atoms with van der Waals surface area (Å²) in [7, 11) is 1.65. The highest BCUT2D eigenvalue weighted by atomic mass is 19.4. The molecular weight excluding hydrogens is 553 g/mol. The van der Waals surface area contributed by atoms with Gasteiger partial charge in [-0.25, -0.2) is 9.59 Å². The van der Waals surface area contributed by atoms with Crippen LogP contribution in [0.15, 0.2) is 67.3 Å². The summed E-state index contributed by atoms with van der Waals surface area (Å²) in [5.41, 5.74) is -0.328. The van der Waals surface area contributed by atoms with Crippen molar-refractivity contribution in [3.8, 4) is 11.4 Å². The molecule has 0 aliphatic rings. The number of benzene rings is 2. The highest BCUT2D eigenvalue weighted by molar-refractivity contribution is 6.19. The standard InChI is InChI=1S/C29H31F3N6O4/c1-6-10-20(26(39)35-23(17(3)4)27(40)42-7-2)25-37-36-24(38(25)5)18-13-15-19(16-14-18)33-28(41)34-22-12-9-8-11-21(22)29(30,31)32/h6,8-17,23H,1,7H2,2-5H3,(H,35,39)(H2,33,34,41)/b20-10+. The predicted molar refractivity (Wildman–Crippen MR) is 152 cm³/mol. The number of rotatable bonds is 10. The molecule has 0 radical (unpaired) electrons. The van der Waals surface area contributed by atoms with E-state index in [-0.39, 0.29) is 29.6 Å². The minimum absolute atomic E-state index is 0.121. The van der Waals surface area contributed by atoms with Crippen LogP contribution in [-0.4, -0.2) is 45.3 Å². The van der Waals surface area contributed by atoms with Crippen LogP contribution in [0.2, 0.25) is 0 Å². The molecule has 1 heterocycles. The lowest BCUT2D eigenvalue weighted by Crippen LogP contribution is -2.45. The number of allylic oxidation sites excluding steroid dienone is 2. The van der Waals surface area contributed by atoms with Gasteiger partial charge < -0.3 is 25.3 Å². The first kappa shape index (κ1) is 31.6. The first-order chi connectivity index (χ1) is 19.9. The van der Waals surface area contributed by atoms with Crippen molar-refractivity contribution < 1.29 is 32.3 Å². The number of amides is 3. The number of alkyl halides is 3. The normalized spacial score (nSPS) is 12.4. The molecule has 2 aromatic carbocycles. The van der Waals surface area contributed by atoms with E-state index in [4.69, 9.17) is 4.74 Å². The Morgan fingerprint density at radius 2 is 1.71 bits per heavy atom. The van der Waals surface area contributed by atoms with Crippen molar-refractivity contribution >= 4 is 34.9 Å².